The van der Waals surface area contributed by atoms with Gasteiger partial charge in [-0.2, -0.15) is 0 Å². The Kier molecular flexibility index (Phi) is 5.90. The molecule has 0 aliphatic heterocycles. The highest BCUT2D eigenvalue weighted by Gasteiger charge is 2.03. The SMILES string of the molecule is CCCn1ccnc(NCCCCC(N)=O)c1=O. The standard InChI is InChI=1S/C12H20N4O2/c1-2-8-16-9-7-15-11(12(16)18)14-6-4-3-5-10(13)17/h7,9H,2-6,8H2,1H3,(H2,13,17)(H,14,15). The zero-order chi connectivity index (χ0) is 13.4. The van der Waals surface area contributed by atoms with Crippen molar-refractivity contribution in [3.8, 4) is 0 Å². The Bertz CT molecular complexity index is 442. The predicted octanol–water partition coefficient (Wildman–Crippen LogP) is 0.721. The highest BCUT2D eigenvalue weighted by molar-refractivity contribution is 5.73. The van der Waals surface area contributed by atoms with Crippen LogP contribution < -0.4 is 16.6 Å². The van der Waals surface area contributed by atoms with Gasteiger partial charge in [-0.3, -0.25) is 9.59 Å². The lowest BCUT2D eigenvalue weighted by Crippen LogP contribution is -2.24. The Morgan fingerprint density at radius 2 is 2.28 bits per heavy atom. The van der Waals surface area contributed by atoms with Crippen LogP contribution in [0.5, 0.6) is 0 Å². The summed E-state index contributed by atoms with van der Waals surface area (Å²) >= 11 is 0. The van der Waals surface area contributed by atoms with E-state index in [2.05, 4.69) is 10.3 Å². The van der Waals surface area contributed by atoms with Crippen LogP contribution in [0.2, 0.25) is 0 Å². The van der Waals surface area contributed by atoms with Crippen molar-refractivity contribution in [1.82, 2.24) is 9.55 Å². The molecule has 0 aromatic carbocycles. The molecule has 0 bridgehead atoms. The van der Waals surface area contributed by atoms with E-state index >= 15 is 0 Å². The second-order valence-corrected chi connectivity index (χ2v) is 4.12. The highest BCUT2D eigenvalue weighted by Crippen LogP contribution is 1.98. The number of carbonyl (C=O) groups excluding carboxylic acids is 1. The van der Waals surface area contributed by atoms with Crippen molar-refractivity contribution < 1.29 is 4.79 Å². The monoisotopic (exact) mass is 252 g/mol. The largest absolute Gasteiger partial charge is 0.370 e. The Labute approximate surface area is 106 Å². The normalized spacial score (nSPS) is 10.3. The number of nitrogens with one attached hydrogen (secondary N) is 1. The number of carbonyl (C=O) groups is 1. The van der Waals surface area contributed by atoms with E-state index < -0.39 is 0 Å². The Hall–Kier alpha value is -1.85. The molecule has 3 N–H and O–H groups in total. The third-order valence-electron chi connectivity index (χ3n) is 2.52. The Morgan fingerprint density at radius 1 is 1.50 bits per heavy atom. The van der Waals surface area contributed by atoms with Crippen LogP contribution in [-0.4, -0.2) is 22.0 Å². The Morgan fingerprint density at radius 3 is 2.94 bits per heavy atom. The number of aromatic nitrogens is 2. The molecule has 0 saturated carbocycles. The van der Waals surface area contributed by atoms with Crippen molar-refractivity contribution >= 4 is 11.7 Å². The maximum atomic E-state index is 11.9. The summed E-state index contributed by atoms with van der Waals surface area (Å²) in [5.74, 6) is 0.0724. The quantitative estimate of drug-likeness (QED) is 0.667. The minimum atomic E-state index is -0.293. The van der Waals surface area contributed by atoms with E-state index in [1.165, 1.54) is 0 Å². The summed E-state index contributed by atoms with van der Waals surface area (Å²) < 4.78 is 1.64. The molecule has 1 aromatic heterocycles. The molecule has 1 aromatic rings. The molecule has 0 aliphatic carbocycles. The first-order chi connectivity index (χ1) is 8.65. The molecule has 1 rings (SSSR count). The number of primary amides is 1. The topological polar surface area (TPSA) is 90.0 Å². The zero-order valence-corrected chi connectivity index (χ0v) is 10.7. The molecule has 0 fully saturated rings. The van der Waals surface area contributed by atoms with E-state index in [4.69, 9.17) is 5.73 Å². The number of rotatable bonds is 8. The molecule has 6 nitrogen and oxygen atoms in total. The van der Waals surface area contributed by atoms with Crippen LogP contribution in [0, 0.1) is 0 Å². The smallest absolute Gasteiger partial charge is 0.293 e. The molecule has 0 unspecified atom stereocenters. The maximum Gasteiger partial charge on any atom is 0.293 e. The number of unbranched alkanes of at least 4 members (excludes halogenated alkanes) is 1. The van der Waals surface area contributed by atoms with Crippen LogP contribution in [-0.2, 0) is 11.3 Å². The summed E-state index contributed by atoms with van der Waals surface area (Å²) in [4.78, 5) is 26.5. The second kappa shape index (κ2) is 7.47. The molecule has 0 radical (unpaired) electrons. The van der Waals surface area contributed by atoms with Crippen LogP contribution >= 0.6 is 0 Å². The first-order valence-corrected chi connectivity index (χ1v) is 6.22. The average molecular weight is 252 g/mol. The van der Waals surface area contributed by atoms with Crippen LogP contribution in [0.1, 0.15) is 32.6 Å². The number of nitrogens with two attached hydrogens (primary N) is 1. The van der Waals surface area contributed by atoms with Crippen LogP contribution in [0.25, 0.3) is 0 Å². The number of anilines is 1. The third kappa shape index (κ3) is 4.57. The van der Waals surface area contributed by atoms with E-state index in [-0.39, 0.29) is 11.5 Å². The maximum absolute atomic E-state index is 11.9. The fourth-order valence-electron chi connectivity index (χ4n) is 1.62. The summed E-state index contributed by atoms with van der Waals surface area (Å²) in [7, 11) is 0. The van der Waals surface area contributed by atoms with Crippen LogP contribution in [0.3, 0.4) is 0 Å². The van der Waals surface area contributed by atoms with E-state index in [0.29, 0.717) is 25.3 Å². The van der Waals surface area contributed by atoms with Gasteiger partial charge in [0.2, 0.25) is 5.91 Å². The van der Waals surface area contributed by atoms with Gasteiger partial charge in [0.15, 0.2) is 5.82 Å². The summed E-state index contributed by atoms with van der Waals surface area (Å²) in [5.41, 5.74) is 4.94. The van der Waals surface area contributed by atoms with Gasteiger partial charge in [0.25, 0.3) is 5.56 Å². The van der Waals surface area contributed by atoms with Crippen LogP contribution in [0.4, 0.5) is 5.82 Å². The molecule has 0 aliphatic rings. The Balaban J connectivity index is 2.45. The number of aryl methyl sites for hydroxylation is 1. The second-order valence-electron chi connectivity index (χ2n) is 4.12. The lowest BCUT2D eigenvalue weighted by atomic mass is 10.2. The van der Waals surface area contributed by atoms with Gasteiger partial charge in [0.05, 0.1) is 0 Å². The van der Waals surface area contributed by atoms with E-state index in [9.17, 15) is 9.59 Å². The molecule has 0 atom stereocenters. The van der Waals surface area contributed by atoms with Gasteiger partial charge in [-0.15, -0.1) is 0 Å². The number of nitrogens with zero attached hydrogens (tertiary/aromatic N) is 2. The van der Waals surface area contributed by atoms with E-state index in [1.54, 1.807) is 17.0 Å². The molecule has 100 valence electrons. The summed E-state index contributed by atoms with van der Waals surface area (Å²) in [6.07, 6.45) is 6.09. The summed E-state index contributed by atoms with van der Waals surface area (Å²) in [5, 5.41) is 2.99. The predicted molar refractivity (Wildman–Crippen MR) is 70.3 cm³/mol. The first-order valence-electron chi connectivity index (χ1n) is 6.22. The number of hydrogen-bond donors (Lipinski definition) is 2. The van der Waals surface area contributed by atoms with Gasteiger partial charge in [0, 0.05) is 31.9 Å². The number of hydrogen-bond acceptors (Lipinski definition) is 4. The van der Waals surface area contributed by atoms with Crippen molar-refractivity contribution in [2.45, 2.75) is 39.2 Å². The average Bonchev–Trinajstić information content (AvgIpc) is 2.33. The van der Waals surface area contributed by atoms with E-state index in [1.807, 2.05) is 6.92 Å². The van der Waals surface area contributed by atoms with Gasteiger partial charge in [0.1, 0.15) is 0 Å². The van der Waals surface area contributed by atoms with Crippen molar-refractivity contribution in [3.63, 3.8) is 0 Å². The highest BCUT2D eigenvalue weighted by atomic mass is 16.1. The molecule has 0 saturated heterocycles. The fourth-order valence-corrected chi connectivity index (χ4v) is 1.62. The van der Waals surface area contributed by atoms with Gasteiger partial charge in [-0.1, -0.05) is 6.92 Å². The molecule has 18 heavy (non-hydrogen) atoms. The van der Waals surface area contributed by atoms with Crippen molar-refractivity contribution in [3.05, 3.63) is 22.7 Å². The lowest BCUT2D eigenvalue weighted by Gasteiger charge is -2.07. The molecule has 6 heteroatoms. The summed E-state index contributed by atoms with van der Waals surface area (Å²) in [6.45, 7) is 3.33. The van der Waals surface area contributed by atoms with Gasteiger partial charge < -0.3 is 15.6 Å². The molecule has 1 amide bonds. The van der Waals surface area contributed by atoms with Gasteiger partial charge >= 0.3 is 0 Å². The van der Waals surface area contributed by atoms with Crippen LogP contribution in [0.15, 0.2) is 17.2 Å². The van der Waals surface area contributed by atoms with Crippen molar-refractivity contribution in [1.29, 1.82) is 0 Å². The minimum absolute atomic E-state index is 0.103. The van der Waals surface area contributed by atoms with Crippen molar-refractivity contribution in [2.24, 2.45) is 5.73 Å². The lowest BCUT2D eigenvalue weighted by molar-refractivity contribution is -0.118. The van der Waals surface area contributed by atoms with E-state index in [0.717, 1.165) is 19.3 Å². The van der Waals surface area contributed by atoms with Gasteiger partial charge in [-0.25, -0.2) is 4.98 Å². The van der Waals surface area contributed by atoms with Crippen molar-refractivity contribution in [2.75, 3.05) is 11.9 Å². The molecular formula is C12H20N4O2. The minimum Gasteiger partial charge on any atom is -0.370 e. The number of amides is 1. The molecular weight excluding hydrogens is 232 g/mol. The molecule has 0 spiro atoms. The van der Waals surface area contributed by atoms with Gasteiger partial charge in [-0.05, 0) is 19.3 Å². The molecule has 1 heterocycles. The summed E-state index contributed by atoms with van der Waals surface area (Å²) in [6, 6.07) is 0. The third-order valence-corrected chi connectivity index (χ3v) is 2.52. The first kappa shape index (κ1) is 14.2. The zero-order valence-electron chi connectivity index (χ0n) is 10.7. The fraction of sp³-hybridized carbons (Fsp3) is 0.583.